The van der Waals surface area contributed by atoms with Crippen molar-refractivity contribution in [1.29, 1.82) is 0 Å². The van der Waals surface area contributed by atoms with Crippen molar-refractivity contribution in [1.82, 2.24) is 0 Å². The summed E-state index contributed by atoms with van der Waals surface area (Å²) in [5.74, 6) is 0. The molecule has 0 atom stereocenters. The minimum Gasteiger partial charge on any atom is -0.0388 e. The molecule has 0 aromatic carbocycles. The van der Waals surface area contributed by atoms with Crippen LogP contribution in [0, 0.1) is 0 Å². The van der Waals surface area contributed by atoms with E-state index in [2.05, 4.69) is 7.44 Å². The van der Waals surface area contributed by atoms with Crippen LogP contribution in [0.1, 0.15) is 0 Å². The van der Waals surface area contributed by atoms with Crippen LogP contribution in [0.4, 0.5) is 0 Å². The average molecular weight is 272 g/mol. The van der Waals surface area contributed by atoms with Gasteiger partial charge in [0.25, 0.3) is 0 Å². The monoisotopic (exact) mass is 271 g/mol. The van der Waals surface area contributed by atoms with Gasteiger partial charge in [0.1, 0.15) is 0 Å². The zero-order valence-electron chi connectivity index (χ0n) is 2.88. The third-order valence-corrected chi connectivity index (χ3v) is 0. The Kier molecular flexibility index (Phi) is 267. The van der Waals surface area contributed by atoms with Gasteiger partial charge in [-0.05, 0) is 10.1 Å². The van der Waals surface area contributed by atoms with E-state index in [0.29, 0.717) is 0 Å². The van der Waals surface area contributed by atoms with Crippen LogP contribution in [0.3, 0.4) is 0 Å². The number of rotatable bonds is 0. The Morgan fingerprint density at radius 3 is 1.17 bits per heavy atom. The Hall–Kier alpha value is 2.94. The predicted molar refractivity (Wildman–Crippen MR) is 25.6 cm³/mol. The molecule has 6 heavy (non-hydrogen) atoms. The SMILES string of the molecule is [AlH3].[B][SiH3].[Cr].[Ni].[Y]. The van der Waals surface area contributed by atoms with Gasteiger partial charge >= 0.3 is 0 Å². The van der Waals surface area contributed by atoms with E-state index in [1.165, 1.54) is 0 Å². The molecule has 0 saturated carbocycles. The van der Waals surface area contributed by atoms with E-state index in [9.17, 15) is 0 Å². The van der Waals surface area contributed by atoms with Crippen molar-refractivity contribution < 1.29 is 66.6 Å². The van der Waals surface area contributed by atoms with E-state index in [-0.39, 0.29) is 83.9 Å². The van der Waals surface area contributed by atoms with Gasteiger partial charge in [0.2, 0.25) is 0 Å². The van der Waals surface area contributed by atoms with Gasteiger partial charge in [-0.3, -0.25) is 0 Å². The Morgan fingerprint density at radius 2 is 1.17 bits per heavy atom. The maximum atomic E-state index is 4.64. The normalized spacial score (nSPS) is 1.33. The smallest absolute Gasteiger partial charge is 0.0388 e. The summed E-state index contributed by atoms with van der Waals surface area (Å²) in [6.45, 7) is 0. The quantitative estimate of drug-likeness (QED) is 0.419. The molecule has 0 heterocycles. The summed E-state index contributed by atoms with van der Waals surface area (Å²) < 4.78 is 0. The van der Waals surface area contributed by atoms with Crippen LogP contribution in [0.25, 0.3) is 0 Å². The molecule has 35 valence electrons. The van der Waals surface area contributed by atoms with Crippen molar-refractivity contribution in [3.63, 3.8) is 0 Å². The molecule has 0 aliphatic rings. The van der Waals surface area contributed by atoms with Crippen LogP contribution in [0.5, 0.6) is 0 Å². The Labute approximate surface area is 99.8 Å². The van der Waals surface area contributed by atoms with Crippen LogP contribution in [-0.2, 0) is 66.6 Å². The third-order valence-electron chi connectivity index (χ3n) is 0. The summed E-state index contributed by atoms with van der Waals surface area (Å²) in [5, 5.41) is 0. The second-order valence-electron chi connectivity index (χ2n) is 0. The molecule has 3 radical (unpaired) electrons. The number of hydrogen-bond donors (Lipinski definition) is 0. The van der Waals surface area contributed by atoms with Crippen LogP contribution >= 0.6 is 0 Å². The van der Waals surface area contributed by atoms with Crippen molar-refractivity contribution in [2.24, 2.45) is 0 Å². The van der Waals surface area contributed by atoms with Crippen LogP contribution < -0.4 is 0 Å². The van der Waals surface area contributed by atoms with Gasteiger partial charge in [-0.15, -0.1) is 0 Å². The van der Waals surface area contributed by atoms with E-state index < -0.39 is 0 Å². The van der Waals surface area contributed by atoms with Gasteiger partial charge in [-0.25, -0.2) is 0 Å². The molecule has 0 nitrogen and oxygen atoms in total. The van der Waals surface area contributed by atoms with E-state index in [1.807, 2.05) is 0 Å². The summed E-state index contributed by atoms with van der Waals surface area (Å²) in [4.78, 5) is 0. The van der Waals surface area contributed by atoms with E-state index in [4.69, 9.17) is 0 Å². The molecule has 0 aliphatic heterocycles. The molecular weight excluding hydrogens is 265 g/mol. The Balaban J connectivity index is -0.000000000833. The van der Waals surface area contributed by atoms with Crippen molar-refractivity contribution in [3.8, 4) is 0 Å². The molecule has 0 aromatic heterocycles. The molecule has 0 saturated heterocycles. The van der Waals surface area contributed by atoms with Crippen molar-refractivity contribution in [2.45, 2.75) is 0 Å². The van der Waals surface area contributed by atoms with Crippen LogP contribution in [-0.4, -0.2) is 34.9 Å². The zero-order valence-corrected chi connectivity index (χ0v) is 9.98. The zero-order chi connectivity index (χ0) is 2.00. The predicted octanol–water partition coefficient (Wildman–Crippen LogP) is -2.76. The first-order valence-electron chi connectivity index (χ1n) is 0.577. The summed E-state index contributed by atoms with van der Waals surface area (Å²) in [6.07, 6.45) is 0. The minimum atomic E-state index is 0. The maximum Gasteiger partial charge on any atom is 0.187 e. The fourth-order valence-corrected chi connectivity index (χ4v) is 0. The summed E-state index contributed by atoms with van der Waals surface area (Å²) in [7, 11) is 5.44. The first-order valence-corrected chi connectivity index (χ1v) is 1.73. The largest absolute Gasteiger partial charge is 0.187 e. The van der Waals surface area contributed by atoms with Crippen LogP contribution in [0.2, 0.25) is 0 Å². The Bertz CT molecular complexity index is 15.5. The molecule has 0 N–H and O–H groups in total. The fourth-order valence-electron chi connectivity index (χ4n) is 0. The molecule has 0 rings (SSSR count). The van der Waals surface area contributed by atoms with Gasteiger partial charge in [-0.1, -0.05) is 0 Å². The number of hydrogen-bond acceptors (Lipinski definition) is 0. The molecule has 0 fully saturated rings. The van der Waals surface area contributed by atoms with Gasteiger partial charge in [-0.2, -0.15) is 0 Å². The Morgan fingerprint density at radius 1 is 1.17 bits per heavy atom. The van der Waals surface area contributed by atoms with E-state index in [0.717, 1.165) is 10.1 Å². The fraction of sp³-hybridized carbons (Fsp3) is 0. The van der Waals surface area contributed by atoms with E-state index >= 15 is 0 Å². The molecule has 0 amide bonds. The van der Waals surface area contributed by atoms with Crippen molar-refractivity contribution >= 4 is 34.9 Å². The molecular formula is H6AlBCrNiSiY. The van der Waals surface area contributed by atoms with Gasteiger partial charge in [0.15, 0.2) is 17.4 Å². The van der Waals surface area contributed by atoms with Crippen LogP contribution in [0.15, 0.2) is 0 Å². The summed E-state index contributed by atoms with van der Waals surface area (Å²) >= 11 is 0. The summed E-state index contributed by atoms with van der Waals surface area (Å²) in [6, 6.07) is 0. The van der Waals surface area contributed by atoms with Crippen molar-refractivity contribution in [3.05, 3.63) is 0 Å². The third kappa shape index (κ3) is 28.3. The topological polar surface area (TPSA) is 0 Å². The molecule has 0 aliphatic carbocycles. The first-order chi connectivity index (χ1) is 1.00. The second-order valence-corrected chi connectivity index (χ2v) is 0. The van der Waals surface area contributed by atoms with Crippen molar-refractivity contribution in [2.75, 3.05) is 0 Å². The molecule has 0 spiro atoms. The first kappa shape index (κ1) is 36.3. The molecule has 0 unspecified atom stereocenters. The van der Waals surface area contributed by atoms with Gasteiger partial charge in [0.05, 0.1) is 0 Å². The molecule has 0 bridgehead atoms. The van der Waals surface area contributed by atoms with E-state index in [1.54, 1.807) is 0 Å². The average Bonchev–Trinajstić information content (AvgIpc) is 1.00. The maximum absolute atomic E-state index is 4.64. The minimum absolute atomic E-state index is 0. The standard InChI is InChI=1S/Al.BH3Si.Cr.Ni.Y.3H/c;1-2;;;;;;/h;2H3;;;;;;. The summed E-state index contributed by atoms with van der Waals surface area (Å²) in [5.41, 5.74) is 0. The van der Waals surface area contributed by atoms with Gasteiger partial charge < -0.3 is 0 Å². The molecule has 0 aromatic rings. The van der Waals surface area contributed by atoms with Gasteiger partial charge in [0, 0.05) is 74.0 Å². The molecule has 6 heteroatoms. The second kappa shape index (κ2) is 44.2.